The van der Waals surface area contributed by atoms with Crippen LogP contribution >= 0.6 is 0 Å². The molecule has 0 aliphatic heterocycles. The molecule has 0 rings (SSSR count). The Hall–Kier alpha value is -1.26. The predicted octanol–water partition coefficient (Wildman–Crippen LogP) is 0.998. The van der Waals surface area contributed by atoms with Gasteiger partial charge >= 0.3 is 6.03 Å². The van der Waals surface area contributed by atoms with E-state index in [-0.39, 0.29) is 23.8 Å². The van der Waals surface area contributed by atoms with Gasteiger partial charge in [-0.1, -0.05) is 6.92 Å². The molecule has 0 bridgehead atoms. The molecule has 0 fully saturated rings. The van der Waals surface area contributed by atoms with Crippen LogP contribution in [0.15, 0.2) is 0 Å². The van der Waals surface area contributed by atoms with Gasteiger partial charge in [-0.2, -0.15) is 0 Å². The van der Waals surface area contributed by atoms with Gasteiger partial charge in [0.05, 0.1) is 5.84 Å². The summed E-state index contributed by atoms with van der Waals surface area (Å²) in [6.07, 6.45) is 0. The van der Waals surface area contributed by atoms with E-state index in [9.17, 15) is 4.79 Å². The van der Waals surface area contributed by atoms with Crippen molar-refractivity contribution in [2.75, 3.05) is 13.1 Å². The average molecular weight is 214 g/mol. The molecular weight excluding hydrogens is 192 g/mol. The summed E-state index contributed by atoms with van der Waals surface area (Å²) < 4.78 is 0. The summed E-state index contributed by atoms with van der Waals surface area (Å²) in [4.78, 5) is 13.3. The quantitative estimate of drug-likeness (QED) is 0.471. The Morgan fingerprint density at radius 1 is 1.47 bits per heavy atom. The topological polar surface area (TPSA) is 82.2 Å². The highest BCUT2D eigenvalue weighted by molar-refractivity contribution is 5.80. The van der Waals surface area contributed by atoms with E-state index >= 15 is 0 Å². The number of amides is 2. The van der Waals surface area contributed by atoms with Gasteiger partial charge in [0.2, 0.25) is 0 Å². The zero-order valence-electron chi connectivity index (χ0n) is 10.0. The Bertz CT molecular complexity index is 227. The molecule has 0 saturated heterocycles. The Balaban J connectivity index is 4.24. The molecule has 0 saturated carbocycles. The van der Waals surface area contributed by atoms with Crippen molar-refractivity contribution in [1.82, 2.24) is 10.2 Å². The molecule has 0 heterocycles. The number of hydrogen-bond donors (Lipinski definition) is 3. The second-order valence-electron chi connectivity index (χ2n) is 4.00. The summed E-state index contributed by atoms with van der Waals surface area (Å²) in [5, 5.41) is 10.1. The van der Waals surface area contributed by atoms with E-state index in [4.69, 9.17) is 11.1 Å². The van der Waals surface area contributed by atoms with Gasteiger partial charge in [0.1, 0.15) is 0 Å². The largest absolute Gasteiger partial charge is 0.387 e. The van der Waals surface area contributed by atoms with Crippen LogP contribution < -0.4 is 11.1 Å². The van der Waals surface area contributed by atoms with Crippen LogP contribution in [-0.4, -0.2) is 35.9 Å². The maximum atomic E-state index is 11.6. The molecule has 0 aromatic rings. The summed E-state index contributed by atoms with van der Waals surface area (Å²) in [5.74, 6) is 0.0219. The minimum Gasteiger partial charge on any atom is -0.387 e. The van der Waals surface area contributed by atoms with Crippen molar-refractivity contribution in [3.8, 4) is 0 Å². The summed E-state index contributed by atoms with van der Waals surface area (Å²) in [6.45, 7) is 8.70. The van der Waals surface area contributed by atoms with Gasteiger partial charge in [0.25, 0.3) is 0 Å². The fourth-order valence-electron chi connectivity index (χ4n) is 1.12. The zero-order chi connectivity index (χ0) is 12.0. The van der Waals surface area contributed by atoms with Crippen molar-refractivity contribution in [1.29, 1.82) is 5.41 Å². The summed E-state index contributed by atoms with van der Waals surface area (Å²) >= 11 is 0. The lowest BCUT2D eigenvalue weighted by molar-refractivity contribution is 0.194. The van der Waals surface area contributed by atoms with Gasteiger partial charge in [-0.05, 0) is 20.8 Å². The minimum absolute atomic E-state index is 0.0946. The van der Waals surface area contributed by atoms with Crippen molar-refractivity contribution >= 4 is 11.9 Å². The first kappa shape index (κ1) is 13.7. The van der Waals surface area contributed by atoms with E-state index < -0.39 is 0 Å². The third kappa shape index (κ3) is 5.24. The molecule has 0 radical (unpaired) electrons. The third-order valence-corrected chi connectivity index (χ3v) is 2.11. The van der Waals surface area contributed by atoms with E-state index in [2.05, 4.69) is 5.32 Å². The number of rotatable bonds is 5. The molecule has 4 N–H and O–H groups in total. The van der Waals surface area contributed by atoms with Crippen LogP contribution in [0.2, 0.25) is 0 Å². The molecule has 0 aromatic carbocycles. The SMILES string of the molecule is CCN(CC(C)C(=N)N)C(=O)NC(C)C. The summed E-state index contributed by atoms with van der Waals surface area (Å²) in [7, 11) is 0. The lowest BCUT2D eigenvalue weighted by Gasteiger charge is -2.25. The molecule has 0 aliphatic rings. The Labute approximate surface area is 91.5 Å². The second-order valence-corrected chi connectivity index (χ2v) is 4.00. The third-order valence-electron chi connectivity index (χ3n) is 2.11. The second kappa shape index (κ2) is 6.27. The monoisotopic (exact) mass is 214 g/mol. The minimum atomic E-state index is -0.0967. The highest BCUT2D eigenvalue weighted by atomic mass is 16.2. The molecule has 0 aromatic heterocycles. The number of nitrogens with two attached hydrogens (primary N) is 1. The summed E-state index contributed by atoms with van der Waals surface area (Å²) in [6, 6.07) is 0.0276. The standard InChI is InChI=1S/C10H22N4O/c1-5-14(6-8(4)9(11)12)10(15)13-7(2)3/h7-8H,5-6H2,1-4H3,(H3,11,12)(H,13,15). The van der Waals surface area contributed by atoms with Crippen LogP contribution in [0.3, 0.4) is 0 Å². The fraction of sp³-hybridized carbons (Fsp3) is 0.800. The number of hydrogen-bond acceptors (Lipinski definition) is 2. The van der Waals surface area contributed by atoms with E-state index in [0.29, 0.717) is 13.1 Å². The molecule has 15 heavy (non-hydrogen) atoms. The number of amidine groups is 1. The van der Waals surface area contributed by atoms with E-state index in [1.807, 2.05) is 27.7 Å². The van der Waals surface area contributed by atoms with Crippen LogP contribution in [-0.2, 0) is 0 Å². The van der Waals surface area contributed by atoms with Gasteiger partial charge < -0.3 is 16.0 Å². The van der Waals surface area contributed by atoms with E-state index in [1.165, 1.54) is 0 Å². The van der Waals surface area contributed by atoms with Gasteiger partial charge in [-0.15, -0.1) is 0 Å². The molecule has 5 nitrogen and oxygen atoms in total. The van der Waals surface area contributed by atoms with Gasteiger partial charge in [0, 0.05) is 25.0 Å². The molecule has 1 unspecified atom stereocenters. The van der Waals surface area contributed by atoms with Crippen LogP contribution in [0.25, 0.3) is 0 Å². The van der Waals surface area contributed by atoms with Crippen molar-refractivity contribution in [2.45, 2.75) is 33.7 Å². The lowest BCUT2D eigenvalue weighted by Crippen LogP contribution is -2.46. The van der Waals surface area contributed by atoms with Crippen molar-refractivity contribution in [3.63, 3.8) is 0 Å². The zero-order valence-corrected chi connectivity index (χ0v) is 10.0. The first-order valence-electron chi connectivity index (χ1n) is 5.27. The van der Waals surface area contributed by atoms with Crippen LogP contribution in [0.4, 0.5) is 4.79 Å². The highest BCUT2D eigenvalue weighted by Gasteiger charge is 2.16. The molecule has 88 valence electrons. The van der Waals surface area contributed by atoms with Gasteiger partial charge in [-0.3, -0.25) is 5.41 Å². The number of nitrogens with one attached hydrogen (secondary N) is 2. The van der Waals surface area contributed by atoms with Crippen molar-refractivity contribution < 1.29 is 4.79 Å². The van der Waals surface area contributed by atoms with Crippen molar-refractivity contribution in [2.24, 2.45) is 11.7 Å². The predicted molar refractivity (Wildman–Crippen MR) is 62.0 cm³/mol. The van der Waals surface area contributed by atoms with Crippen molar-refractivity contribution in [3.05, 3.63) is 0 Å². The van der Waals surface area contributed by atoms with Crippen LogP contribution in [0, 0.1) is 11.3 Å². The van der Waals surface area contributed by atoms with E-state index in [0.717, 1.165) is 0 Å². The number of carbonyl (C=O) groups excluding carboxylic acids is 1. The molecule has 0 aliphatic carbocycles. The fourth-order valence-corrected chi connectivity index (χ4v) is 1.12. The first-order valence-corrected chi connectivity index (χ1v) is 5.27. The Kier molecular flexibility index (Phi) is 5.74. The molecule has 2 amide bonds. The highest BCUT2D eigenvalue weighted by Crippen LogP contribution is 2.00. The molecular formula is C10H22N4O. The Morgan fingerprint density at radius 3 is 2.33 bits per heavy atom. The number of carbonyl (C=O) groups is 1. The Morgan fingerprint density at radius 2 is 2.00 bits per heavy atom. The van der Waals surface area contributed by atoms with Crippen LogP contribution in [0.1, 0.15) is 27.7 Å². The van der Waals surface area contributed by atoms with Gasteiger partial charge in [0.15, 0.2) is 0 Å². The van der Waals surface area contributed by atoms with E-state index in [1.54, 1.807) is 4.90 Å². The first-order chi connectivity index (χ1) is 6.88. The molecule has 5 heteroatoms. The smallest absolute Gasteiger partial charge is 0.317 e. The number of nitrogens with zero attached hydrogens (tertiary/aromatic N) is 1. The average Bonchev–Trinajstić information content (AvgIpc) is 2.11. The van der Waals surface area contributed by atoms with Gasteiger partial charge in [-0.25, -0.2) is 4.79 Å². The van der Waals surface area contributed by atoms with Crippen LogP contribution in [0.5, 0.6) is 0 Å². The maximum Gasteiger partial charge on any atom is 0.317 e. The number of urea groups is 1. The normalized spacial score (nSPS) is 12.3. The molecule has 0 spiro atoms. The molecule has 1 atom stereocenters. The maximum absolute atomic E-state index is 11.6. The lowest BCUT2D eigenvalue weighted by atomic mass is 10.1. The summed E-state index contributed by atoms with van der Waals surface area (Å²) in [5.41, 5.74) is 5.37.